The van der Waals surface area contributed by atoms with E-state index in [2.05, 4.69) is 5.32 Å². The van der Waals surface area contributed by atoms with E-state index in [0.29, 0.717) is 36.6 Å². The van der Waals surface area contributed by atoms with Gasteiger partial charge in [-0.3, -0.25) is 14.5 Å². The molecule has 1 unspecified atom stereocenters. The molecule has 0 fully saturated rings. The van der Waals surface area contributed by atoms with Crippen LogP contribution < -0.4 is 10.2 Å². The summed E-state index contributed by atoms with van der Waals surface area (Å²) in [7, 11) is 1.59. The monoisotopic (exact) mass is 590 g/mol. The van der Waals surface area contributed by atoms with Crippen molar-refractivity contribution in [1.29, 1.82) is 0 Å². The Bertz CT molecular complexity index is 1610. The number of aryl methyl sites for hydroxylation is 2. The smallest absolute Gasteiger partial charge is 0.240 e. The maximum atomic E-state index is 15.4. The topological polar surface area (TPSA) is 76.5 Å². The van der Waals surface area contributed by atoms with Crippen LogP contribution in [-0.4, -0.2) is 54.2 Å². The lowest BCUT2D eigenvalue weighted by molar-refractivity contribution is -0.122. The van der Waals surface area contributed by atoms with Gasteiger partial charge in [0, 0.05) is 43.0 Å². The predicted octanol–water partition coefficient (Wildman–Crippen LogP) is 5.76. The van der Waals surface area contributed by atoms with Crippen LogP contribution in [0.15, 0.2) is 66.7 Å². The van der Waals surface area contributed by atoms with E-state index in [1.54, 1.807) is 11.8 Å². The number of aromatic nitrogens is 2. The summed E-state index contributed by atoms with van der Waals surface area (Å²) in [5, 5.41) is 7.19. The van der Waals surface area contributed by atoms with Crippen LogP contribution in [0.3, 0.4) is 0 Å². The average Bonchev–Trinajstić information content (AvgIpc) is 3.28. The Morgan fingerprint density at radius 1 is 1.10 bits per heavy atom. The minimum Gasteiger partial charge on any atom is -0.385 e. The van der Waals surface area contributed by atoms with E-state index in [9.17, 15) is 14.0 Å². The number of hydrogen-bond acceptors (Lipinski definition) is 5. The van der Waals surface area contributed by atoms with Gasteiger partial charge in [0.2, 0.25) is 11.8 Å². The second kappa shape index (κ2) is 12.9. The van der Waals surface area contributed by atoms with E-state index in [-0.39, 0.29) is 29.7 Å². The van der Waals surface area contributed by atoms with E-state index in [4.69, 9.17) is 9.84 Å². The van der Waals surface area contributed by atoms with Gasteiger partial charge in [0.15, 0.2) is 0 Å². The highest BCUT2D eigenvalue weighted by Crippen LogP contribution is 2.49. The van der Waals surface area contributed by atoms with Crippen LogP contribution in [0.25, 0.3) is 16.9 Å². The molecule has 1 aliphatic rings. The third-order valence-electron chi connectivity index (χ3n) is 7.11. The molecule has 4 aromatic rings. The number of nitrogens with zero attached hydrogens (tertiary/aromatic N) is 3. The lowest BCUT2D eigenvalue weighted by Gasteiger charge is -2.24. The highest BCUT2D eigenvalue weighted by molar-refractivity contribution is 8.00. The fraction of sp³-hybridized carbons (Fsp3) is 0.281. The molecule has 0 spiro atoms. The summed E-state index contributed by atoms with van der Waals surface area (Å²) in [6, 6.07) is 18.8. The standard InChI is InChI=1S/C32H32F2N4O3S/c1-20-10-13-26(21(2)16-20)38-32-29(30(36-38)22-8-5-4-6-9-22)31(24-12-11-23(33)17-25(24)34)42-19-28(40)37(32)18-27(39)35-14-7-15-41-3/h4-6,8-13,16-17,31H,7,14-15,18-19H2,1-3H3,(H,35,39). The van der Waals surface area contributed by atoms with Crippen molar-refractivity contribution in [3.63, 3.8) is 0 Å². The van der Waals surface area contributed by atoms with Crippen LogP contribution in [0, 0.1) is 25.5 Å². The van der Waals surface area contributed by atoms with E-state index >= 15 is 4.39 Å². The number of benzene rings is 3. The first kappa shape index (κ1) is 29.5. The van der Waals surface area contributed by atoms with Gasteiger partial charge in [0.25, 0.3) is 0 Å². The van der Waals surface area contributed by atoms with E-state index in [0.717, 1.165) is 28.4 Å². The molecule has 218 valence electrons. The molecule has 2 heterocycles. The van der Waals surface area contributed by atoms with Crippen LogP contribution >= 0.6 is 11.8 Å². The van der Waals surface area contributed by atoms with Crippen LogP contribution in [0.4, 0.5) is 14.6 Å². The number of carbonyl (C=O) groups excluding carboxylic acids is 2. The number of methoxy groups -OCH3 is 1. The van der Waals surface area contributed by atoms with Gasteiger partial charge in [0.05, 0.1) is 22.4 Å². The number of anilines is 1. The van der Waals surface area contributed by atoms with Crippen LogP contribution in [0.2, 0.25) is 0 Å². The van der Waals surface area contributed by atoms with Gasteiger partial charge in [-0.05, 0) is 38.0 Å². The summed E-state index contributed by atoms with van der Waals surface area (Å²) < 4.78 is 36.1. The van der Waals surface area contributed by atoms with Crippen LogP contribution in [0.1, 0.15) is 33.9 Å². The van der Waals surface area contributed by atoms with Gasteiger partial charge in [-0.15, -0.1) is 11.8 Å². The van der Waals surface area contributed by atoms with Crippen molar-refractivity contribution in [3.8, 4) is 16.9 Å². The second-order valence-electron chi connectivity index (χ2n) is 10.2. The molecule has 0 saturated heterocycles. The van der Waals surface area contributed by atoms with Gasteiger partial charge in [-0.2, -0.15) is 5.10 Å². The summed E-state index contributed by atoms with van der Waals surface area (Å²) >= 11 is 1.23. The molecule has 5 rings (SSSR count). The lowest BCUT2D eigenvalue weighted by atomic mass is 9.99. The van der Waals surface area contributed by atoms with Crippen molar-refractivity contribution in [2.75, 3.05) is 37.5 Å². The molecule has 42 heavy (non-hydrogen) atoms. The van der Waals surface area contributed by atoms with Crippen molar-refractivity contribution in [3.05, 3.63) is 101 Å². The van der Waals surface area contributed by atoms with Gasteiger partial charge in [0.1, 0.15) is 24.0 Å². The number of rotatable bonds is 9. The van der Waals surface area contributed by atoms with E-state index < -0.39 is 16.9 Å². The highest BCUT2D eigenvalue weighted by Gasteiger charge is 2.38. The Kier molecular flexibility index (Phi) is 9.03. The maximum absolute atomic E-state index is 15.4. The Hall–Kier alpha value is -4.02. The fourth-order valence-corrected chi connectivity index (χ4v) is 6.36. The number of amides is 2. The largest absolute Gasteiger partial charge is 0.385 e. The third kappa shape index (κ3) is 6.10. The van der Waals surface area contributed by atoms with E-state index in [1.165, 1.54) is 28.8 Å². The van der Waals surface area contributed by atoms with Gasteiger partial charge < -0.3 is 10.1 Å². The molecule has 10 heteroatoms. The van der Waals surface area contributed by atoms with Crippen LogP contribution in [-0.2, 0) is 14.3 Å². The average molecular weight is 591 g/mol. The van der Waals surface area contributed by atoms with Gasteiger partial charge >= 0.3 is 0 Å². The molecule has 0 bridgehead atoms. The number of ether oxygens (including phenoxy) is 1. The molecule has 2 amide bonds. The minimum absolute atomic E-state index is 0.0196. The third-order valence-corrected chi connectivity index (χ3v) is 8.35. The number of hydrogen-bond donors (Lipinski definition) is 1. The molecule has 1 aromatic heterocycles. The lowest BCUT2D eigenvalue weighted by Crippen LogP contribution is -2.42. The zero-order valence-corrected chi connectivity index (χ0v) is 24.5. The Morgan fingerprint density at radius 2 is 1.88 bits per heavy atom. The maximum Gasteiger partial charge on any atom is 0.240 e. The molecular formula is C32H32F2N4O3S. The molecular weight excluding hydrogens is 558 g/mol. The van der Waals surface area contributed by atoms with Gasteiger partial charge in [-0.1, -0.05) is 54.1 Å². The second-order valence-corrected chi connectivity index (χ2v) is 11.3. The molecule has 1 N–H and O–H groups in total. The SMILES string of the molecule is COCCCNC(=O)CN1C(=O)CSC(c2ccc(F)cc2F)c2c(-c3ccccc3)nn(-c3ccc(C)cc3C)c21. The fourth-order valence-electron chi connectivity index (χ4n) is 5.14. The minimum atomic E-state index is -0.714. The summed E-state index contributed by atoms with van der Waals surface area (Å²) in [6.07, 6.45) is 0.627. The summed E-state index contributed by atoms with van der Waals surface area (Å²) in [5.41, 5.74) is 4.83. The van der Waals surface area contributed by atoms with E-state index in [1.807, 2.05) is 62.4 Å². The molecule has 1 aliphatic heterocycles. The zero-order valence-electron chi connectivity index (χ0n) is 23.7. The first-order chi connectivity index (χ1) is 20.3. The van der Waals surface area contributed by atoms with Crippen molar-refractivity contribution in [2.45, 2.75) is 25.5 Å². The molecule has 1 atom stereocenters. The summed E-state index contributed by atoms with van der Waals surface area (Å²) in [4.78, 5) is 28.4. The molecule has 7 nitrogen and oxygen atoms in total. The van der Waals surface area contributed by atoms with Crippen molar-refractivity contribution in [2.24, 2.45) is 0 Å². The van der Waals surface area contributed by atoms with Crippen LogP contribution in [0.5, 0.6) is 0 Å². The van der Waals surface area contributed by atoms with Gasteiger partial charge in [-0.25, -0.2) is 13.5 Å². The Labute approximate surface area is 247 Å². The Morgan fingerprint density at radius 3 is 2.60 bits per heavy atom. The van der Waals surface area contributed by atoms with Crippen molar-refractivity contribution in [1.82, 2.24) is 15.1 Å². The number of thioether (sulfide) groups is 1. The quantitative estimate of drug-likeness (QED) is 0.251. The molecule has 0 saturated carbocycles. The highest BCUT2D eigenvalue weighted by atomic mass is 32.2. The Balaban J connectivity index is 1.75. The zero-order chi connectivity index (χ0) is 29.8. The normalized spacial score (nSPS) is 14.9. The first-order valence-corrected chi connectivity index (χ1v) is 14.7. The number of carbonyl (C=O) groups is 2. The first-order valence-electron chi connectivity index (χ1n) is 13.7. The molecule has 0 radical (unpaired) electrons. The number of halogens is 2. The predicted molar refractivity (Wildman–Crippen MR) is 161 cm³/mol. The molecule has 3 aromatic carbocycles. The van der Waals surface area contributed by atoms with Crippen molar-refractivity contribution >= 4 is 29.4 Å². The molecule has 0 aliphatic carbocycles. The number of nitrogens with one attached hydrogen (secondary N) is 1. The number of fused-ring (bicyclic) bond motifs is 1. The van der Waals surface area contributed by atoms with Crippen molar-refractivity contribution < 1.29 is 23.1 Å². The summed E-state index contributed by atoms with van der Waals surface area (Å²) in [5.74, 6) is -1.69. The summed E-state index contributed by atoms with van der Waals surface area (Å²) in [6.45, 7) is 4.59.